The number of guanidine groups is 1. The number of halogens is 2. The van der Waals surface area contributed by atoms with E-state index in [0.29, 0.717) is 12.3 Å². The number of benzene rings is 1. The molecule has 25 heavy (non-hydrogen) atoms. The van der Waals surface area contributed by atoms with Gasteiger partial charge in [-0.15, -0.1) is 24.0 Å². The van der Waals surface area contributed by atoms with Crippen molar-refractivity contribution in [1.29, 1.82) is 0 Å². The van der Waals surface area contributed by atoms with Crippen molar-refractivity contribution in [2.24, 2.45) is 10.9 Å². The minimum Gasteiger partial charge on any atom is -0.453 e. The zero-order valence-electron chi connectivity index (χ0n) is 14.0. The van der Waals surface area contributed by atoms with Crippen molar-refractivity contribution in [2.75, 3.05) is 13.6 Å². The van der Waals surface area contributed by atoms with Crippen molar-refractivity contribution >= 4 is 29.9 Å². The Morgan fingerprint density at radius 3 is 2.80 bits per heavy atom. The Balaban J connectivity index is 0.00000225. The molecule has 0 amide bonds. The lowest BCUT2D eigenvalue weighted by molar-refractivity contribution is 0.440. The molecule has 1 aliphatic rings. The number of nitrogens with zero attached hydrogens (tertiary/aromatic N) is 2. The van der Waals surface area contributed by atoms with Gasteiger partial charge < -0.3 is 15.4 Å². The van der Waals surface area contributed by atoms with Gasteiger partial charge in [-0.3, -0.25) is 9.98 Å². The molecule has 0 saturated heterocycles. The summed E-state index contributed by atoms with van der Waals surface area (Å²) in [6.07, 6.45) is 5.76. The van der Waals surface area contributed by atoms with Gasteiger partial charge in [-0.1, -0.05) is 6.07 Å². The molecule has 7 heteroatoms. The van der Waals surface area contributed by atoms with E-state index in [1.54, 1.807) is 37.6 Å². The van der Waals surface area contributed by atoms with Crippen LogP contribution < -0.4 is 15.4 Å². The van der Waals surface area contributed by atoms with Gasteiger partial charge in [0.15, 0.2) is 17.5 Å². The van der Waals surface area contributed by atoms with Crippen LogP contribution in [0.3, 0.4) is 0 Å². The third-order valence-corrected chi connectivity index (χ3v) is 3.80. The maximum Gasteiger partial charge on any atom is 0.191 e. The maximum atomic E-state index is 14.2. The molecule has 5 nitrogen and oxygen atoms in total. The fourth-order valence-corrected chi connectivity index (χ4v) is 2.24. The topological polar surface area (TPSA) is 58.5 Å². The first-order chi connectivity index (χ1) is 11.7. The Bertz CT molecular complexity index is 707. The zero-order chi connectivity index (χ0) is 16.8. The van der Waals surface area contributed by atoms with Gasteiger partial charge in [0.1, 0.15) is 5.75 Å². The Hall–Kier alpha value is -1.90. The van der Waals surface area contributed by atoms with E-state index in [0.717, 1.165) is 24.0 Å². The lowest BCUT2D eigenvalue weighted by atomic mass is 10.2. The van der Waals surface area contributed by atoms with Gasteiger partial charge in [0.05, 0.1) is 6.20 Å². The fraction of sp³-hybridized carbons (Fsp3) is 0.333. The number of rotatable bonds is 6. The SMILES string of the molecule is CN=C(NCc1ccc(Oc2cccnc2)c(F)c1)NCC1CC1.I. The lowest BCUT2D eigenvalue weighted by Gasteiger charge is -2.12. The zero-order valence-corrected chi connectivity index (χ0v) is 16.4. The van der Waals surface area contributed by atoms with Gasteiger partial charge in [-0.05, 0) is 48.6 Å². The molecule has 0 radical (unpaired) electrons. The van der Waals surface area contributed by atoms with Crippen LogP contribution in [0.25, 0.3) is 0 Å². The predicted molar refractivity (Wildman–Crippen MR) is 107 cm³/mol. The summed E-state index contributed by atoms with van der Waals surface area (Å²) in [6, 6.07) is 8.39. The number of hydrogen-bond donors (Lipinski definition) is 2. The quantitative estimate of drug-likeness (QED) is 0.396. The first-order valence-electron chi connectivity index (χ1n) is 8.05. The summed E-state index contributed by atoms with van der Waals surface area (Å²) in [6.45, 7) is 1.43. The van der Waals surface area contributed by atoms with Crippen molar-refractivity contribution in [3.63, 3.8) is 0 Å². The molecular formula is C18H22FIN4O. The van der Waals surface area contributed by atoms with Crippen LogP contribution in [0.1, 0.15) is 18.4 Å². The number of aliphatic imine (C=N–C) groups is 1. The summed E-state index contributed by atoms with van der Waals surface area (Å²) in [7, 11) is 1.73. The molecule has 0 unspecified atom stereocenters. The van der Waals surface area contributed by atoms with E-state index in [9.17, 15) is 4.39 Å². The molecule has 1 aromatic carbocycles. The average molecular weight is 456 g/mol. The molecular weight excluding hydrogens is 434 g/mol. The Labute approximate surface area is 164 Å². The summed E-state index contributed by atoms with van der Waals surface area (Å²) in [5.41, 5.74) is 0.820. The highest BCUT2D eigenvalue weighted by Gasteiger charge is 2.21. The van der Waals surface area contributed by atoms with Crippen molar-refractivity contribution < 1.29 is 9.13 Å². The predicted octanol–water partition coefficient (Wildman–Crippen LogP) is 3.71. The van der Waals surface area contributed by atoms with Crippen LogP contribution >= 0.6 is 24.0 Å². The second kappa shape index (κ2) is 9.55. The van der Waals surface area contributed by atoms with E-state index in [-0.39, 0.29) is 29.7 Å². The van der Waals surface area contributed by atoms with Crippen molar-refractivity contribution in [3.8, 4) is 11.5 Å². The van der Waals surface area contributed by atoms with E-state index in [4.69, 9.17) is 4.74 Å². The number of nitrogens with one attached hydrogen (secondary N) is 2. The summed E-state index contributed by atoms with van der Waals surface area (Å²) in [5, 5.41) is 6.46. The van der Waals surface area contributed by atoms with Crippen LogP contribution in [0, 0.1) is 11.7 Å². The maximum absolute atomic E-state index is 14.2. The summed E-state index contributed by atoms with van der Waals surface area (Å²) in [5.74, 6) is 1.79. The molecule has 0 bridgehead atoms. The molecule has 2 aromatic rings. The molecule has 0 aliphatic heterocycles. The van der Waals surface area contributed by atoms with Gasteiger partial charge in [0.25, 0.3) is 0 Å². The second-order valence-electron chi connectivity index (χ2n) is 5.81. The third kappa shape index (κ3) is 6.15. The van der Waals surface area contributed by atoms with Crippen LogP contribution in [-0.2, 0) is 6.54 Å². The smallest absolute Gasteiger partial charge is 0.191 e. The van der Waals surface area contributed by atoms with Gasteiger partial charge in [0.2, 0.25) is 0 Å². The van der Waals surface area contributed by atoms with Crippen molar-refractivity contribution in [3.05, 3.63) is 54.1 Å². The van der Waals surface area contributed by atoms with Crippen molar-refractivity contribution in [1.82, 2.24) is 15.6 Å². The standard InChI is InChI=1S/C18H21FN4O.HI/c1-20-18(22-10-13-4-5-13)23-11-14-6-7-17(16(19)9-14)24-15-3-2-8-21-12-15;/h2-3,6-9,12-13H,4-5,10-11H2,1H3,(H2,20,22,23);1H. The van der Waals surface area contributed by atoms with Crippen LogP contribution in [0.15, 0.2) is 47.7 Å². The lowest BCUT2D eigenvalue weighted by Crippen LogP contribution is -2.37. The molecule has 0 spiro atoms. The van der Waals surface area contributed by atoms with Crippen LogP contribution in [0.5, 0.6) is 11.5 Å². The minimum atomic E-state index is -0.404. The minimum absolute atomic E-state index is 0. The van der Waals surface area contributed by atoms with E-state index < -0.39 is 5.82 Å². The molecule has 1 aliphatic carbocycles. The summed E-state index contributed by atoms with van der Waals surface area (Å²) >= 11 is 0. The normalized spacial score (nSPS) is 13.8. The van der Waals surface area contributed by atoms with E-state index in [2.05, 4.69) is 20.6 Å². The number of hydrogen-bond acceptors (Lipinski definition) is 3. The van der Waals surface area contributed by atoms with Gasteiger partial charge in [-0.25, -0.2) is 4.39 Å². The highest BCUT2D eigenvalue weighted by molar-refractivity contribution is 14.0. The molecule has 1 aromatic heterocycles. The molecule has 1 saturated carbocycles. The number of aromatic nitrogens is 1. The fourth-order valence-electron chi connectivity index (χ4n) is 2.24. The van der Waals surface area contributed by atoms with E-state index in [1.165, 1.54) is 18.9 Å². The van der Waals surface area contributed by atoms with Crippen LogP contribution in [0.4, 0.5) is 4.39 Å². The van der Waals surface area contributed by atoms with Crippen molar-refractivity contribution in [2.45, 2.75) is 19.4 Å². The highest BCUT2D eigenvalue weighted by Crippen LogP contribution is 2.27. The molecule has 0 atom stereocenters. The Kier molecular flexibility index (Phi) is 7.42. The van der Waals surface area contributed by atoms with Gasteiger partial charge >= 0.3 is 0 Å². The average Bonchev–Trinajstić information content (AvgIpc) is 3.43. The van der Waals surface area contributed by atoms with E-state index >= 15 is 0 Å². The Morgan fingerprint density at radius 1 is 1.32 bits per heavy atom. The van der Waals surface area contributed by atoms with Gasteiger partial charge in [-0.2, -0.15) is 0 Å². The second-order valence-corrected chi connectivity index (χ2v) is 5.81. The molecule has 2 N–H and O–H groups in total. The summed E-state index contributed by atoms with van der Waals surface area (Å²) in [4.78, 5) is 8.11. The van der Waals surface area contributed by atoms with Crippen LogP contribution in [0.2, 0.25) is 0 Å². The van der Waals surface area contributed by atoms with Gasteiger partial charge in [0, 0.05) is 26.3 Å². The highest BCUT2D eigenvalue weighted by atomic mass is 127. The van der Waals surface area contributed by atoms with E-state index in [1.807, 2.05) is 6.07 Å². The molecule has 1 heterocycles. The first kappa shape index (κ1) is 19.4. The third-order valence-electron chi connectivity index (χ3n) is 3.80. The van der Waals surface area contributed by atoms with Crippen LogP contribution in [-0.4, -0.2) is 24.5 Å². The first-order valence-corrected chi connectivity index (χ1v) is 8.05. The number of pyridine rings is 1. The monoisotopic (exact) mass is 456 g/mol. The number of ether oxygens (including phenoxy) is 1. The molecule has 1 fully saturated rings. The Morgan fingerprint density at radius 2 is 2.16 bits per heavy atom. The largest absolute Gasteiger partial charge is 0.453 e. The molecule has 3 rings (SSSR count). The molecule has 134 valence electrons. The summed E-state index contributed by atoms with van der Waals surface area (Å²) < 4.78 is 19.7.